The van der Waals surface area contributed by atoms with Crippen molar-refractivity contribution in [1.82, 2.24) is 10.3 Å². The van der Waals surface area contributed by atoms with Crippen LogP contribution in [0.3, 0.4) is 0 Å². The van der Waals surface area contributed by atoms with E-state index in [1.807, 2.05) is 30.2 Å². The van der Waals surface area contributed by atoms with Crippen molar-refractivity contribution in [2.45, 2.75) is 25.8 Å². The van der Waals surface area contributed by atoms with E-state index in [-0.39, 0.29) is 0 Å². The molecule has 1 heterocycles. The second-order valence-electron chi connectivity index (χ2n) is 3.60. The maximum Gasteiger partial charge on any atom is 0.0300 e. The number of thioether (sulfide) groups is 1. The first-order valence-corrected chi connectivity index (χ1v) is 6.87. The third-order valence-corrected chi connectivity index (χ3v) is 3.01. The number of likely N-dealkylation sites (N-methyl/N-ethyl adjacent to an activating group) is 1. The largest absolute Gasteiger partial charge is 0.314 e. The second-order valence-corrected chi connectivity index (χ2v) is 4.59. The van der Waals surface area contributed by atoms with Crippen molar-refractivity contribution in [2.75, 3.05) is 18.6 Å². The molecule has 0 aliphatic carbocycles. The van der Waals surface area contributed by atoms with Crippen LogP contribution in [0.15, 0.2) is 24.5 Å². The molecule has 0 saturated heterocycles. The Balaban J connectivity index is 2.43. The monoisotopic (exact) mass is 224 g/mol. The molecule has 84 valence electrons. The topological polar surface area (TPSA) is 24.9 Å². The Kier molecular flexibility index (Phi) is 6.44. The predicted octanol–water partition coefficient (Wildman–Crippen LogP) is 2.36. The first-order chi connectivity index (χ1) is 7.36. The van der Waals surface area contributed by atoms with Crippen LogP contribution in [0.1, 0.15) is 18.9 Å². The number of rotatable bonds is 7. The molecule has 1 atom stereocenters. The molecule has 1 rings (SSSR count). The summed E-state index contributed by atoms with van der Waals surface area (Å²) < 4.78 is 0. The van der Waals surface area contributed by atoms with Crippen LogP contribution in [0.5, 0.6) is 0 Å². The molecule has 0 aliphatic heterocycles. The lowest BCUT2D eigenvalue weighted by atomic mass is 10.1. The minimum Gasteiger partial charge on any atom is -0.314 e. The smallest absolute Gasteiger partial charge is 0.0300 e. The molecule has 0 bridgehead atoms. The summed E-state index contributed by atoms with van der Waals surface area (Å²) in [4.78, 5) is 4.15. The molecular formula is C12H20N2S. The summed E-state index contributed by atoms with van der Waals surface area (Å²) in [5, 5.41) is 3.52. The van der Waals surface area contributed by atoms with Crippen LogP contribution in [0.2, 0.25) is 0 Å². The predicted molar refractivity (Wildman–Crippen MR) is 68.4 cm³/mol. The molecule has 15 heavy (non-hydrogen) atoms. The van der Waals surface area contributed by atoms with Crippen molar-refractivity contribution >= 4 is 11.8 Å². The molecule has 1 aromatic heterocycles. The van der Waals surface area contributed by atoms with E-state index in [9.17, 15) is 0 Å². The quantitative estimate of drug-likeness (QED) is 0.769. The summed E-state index contributed by atoms with van der Waals surface area (Å²) >= 11 is 1.91. The summed E-state index contributed by atoms with van der Waals surface area (Å²) in [6, 6.07) is 4.75. The van der Waals surface area contributed by atoms with E-state index in [0.717, 1.165) is 13.0 Å². The minimum absolute atomic E-state index is 0.589. The Morgan fingerprint density at radius 1 is 1.53 bits per heavy atom. The zero-order chi connectivity index (χ0) is 10.9. The van der Waals surface area contributed by atoms with Gasteiger partial charge in [-0.1, -0.05) is 13.0 Å². The first kappa shape index (κ1) is 12.5. The van der Waals surface area contributed by atoms with Gasteiger partial charge in [0.05, 0.1) is 0 Å². The standard InChI is InChI=1S/C12H20N2S/c1-3-14-12(6-8-15-2)9-11-5-4-7-13-10-11/h4-5,7,10,12,14H,3,6,8-9H2,1-2H3. The lowest BCUT2D eigenvalue weighted by Crippen LogP contribution is -2.31. The van der Waals surface area contributed by atoms with Gasteiger partial charge in [-0.05, 0) is 43.0 Å². The molecule has 0 aromatic carbocycles. The third-order valence-electron chi connectivity index (χ3n) is 2.37. The van der Waals surface area contributed by atoms with Gasteiger partial charge in [0, 0.05) is 18.4 Å². The number of hydrogen-bond donors (Lipinski definition) is 1. The van der Waals surface area contributed by atoms with Crippen molar-refractivity contribution in [3.63, 3.8) is 0 Å². The van der Waals surface area contributed by atoms with Crippen molar-refractivity contribution in [1.29, 1.82) is 0 Å². The number of hydrogen-bond acceptors (Lipinski definition) is 3. The average Bonchev–Trinajstić information content (AvgIpc) is 2.28. The summed E-state index contributed by atoms with van der Waals surface area (Å²) in [5.41, 5.74) is 1.32. The van der Waals surface area contributed by atoms with Crippen molar-refractivity contribution < 1.29 is 0 Å². The highest BCUT2D eigenvalue weighted by atomic mass is 32.2. The lowest BCUT2D eigenvalue weighted by Gasteiger charge is -2.17. The van der Waals surface area contributed by atoms with Crippen molar-refractivity contribution in [3.05, 3.63) is 30.1 Å². The van der Waals surface area contributed by atoms with Crippen LogP contribution >= 0.6 is 11.8 Å². The molecular weight excluding hydrogens is 204 g/mol. The third kappa shape index (κ3) is 5.19. The van der Waals surface area contributed by atoms with Crippen LogP contribution in [-0.4, -0.2) is 29.6 Å². The fourth-order valence-electron chi connectivity index (χ4n) is 1.63. The fraction of sp³-hybridized carbons (Fsp3) is 0.583. The Bertz CT molecular complexity index is 251. The van der Waals surface area contributed by atoms with Gasteiger partial charge in [-0.15, -0.1) is 0 Å². The summed E-state index contributed by atoms with van der Waals surface area (Å²) in [6.07, 6.45) is 8.26. The summed E-state index contributed by atoms with van der Waals surface area (Å²) in [6.45, 7) is 3.20. The Hall–Kier alpha value is -0.540. The van der Waals surface area contributed by atoms with E-state index in [2.05, 4.69) is 29.5 Å². The number of nitrogens with one attached hydrogen (secondary N) is 1. The molecule has 0 amide bonds. The molecule has 1 aromatic rings. The van der Waals surface area contributed by atoms with Crippen LogP contribution in [0, 0.1) is 0 Å². The van der Waals surface area contributed by atoms with Crippen molar-refractivity contribution in [2.24, 2.45) is 0 Å². The maximum absolute atomic E-state index is 4.15. The highest BCUT2D eigenvalue weighted by Crippen LogP contribution is 2.07. The second kappa shape index (κ2) is 7.71. The number of pyridine rings is 1. The van der Waals surface area contributed by atoms with Gasteiger partial charge in [-0.2, -0.15) is 11.8 Å². The highest BCUT2D eigenvalue weighted by Gasteiger charge is 2.07. The lowest BCUT2D eigenvalue weighted by molar-refractivity contribution is 0.513. The van der Waals surface area contributed by atoms with Gasteiger partial charge in [0.2, 0.25) is 0 Å². The molecule has 0 aliphatic rings. The van der Waals surface area contributed by atoms with Crippen LogP contribution in [0.25, 0.3) is 0 Å². The average molecular weight is 224 g/mol. The van der Waals surface area contributed by atoms with E-state index in [0.29, 0.717) is 6.04 Å². The number of aromatic nitrogens is 1. The van der Waals surface area contributed by atoms with Gasteiger partial charge in [-0.3, -0.25) is 4.98 Å². The summed E-state index contributed by atoms with van der Waals surface area (Å²) in [5.74, 6) is 1.22. The molecule has 0 fully saturated rings. The Morgan fingerprint density at radius 3 is 3.00 bits per heavy atom. The SMILES string of the molecule is CCNC(CCSC)Cc1cccnc1. The molecule has 1 N–H and O–H groups in total. The Morgan fingerprint density at radius 2 is 2.40 bits per heavy atom. The normalized spacial score (nSPS) is 12.7. The highest BCUT2D eigenvalue weighted by molar-refractivity contribution is 7.98. The van der Waals surface area contributed by atoms with Crippen LogP contribution in [-0.2, 0) is 6.42 Å². The molecule has 3 heteroatoms. The molecule has 0 radical (unpaired) electrons. The number of nitrogens with zero attached hydrogens (tertiary/aromatic N) is 1. The van der Waals surface area contributed by atoms with Gasteiger partial charge in [0.15, 0.2) is 0 Å². The molecule has 1 unspecified atom stereocenters. The summed E-state index contributed by atoms with van der Waals surface area (Å²) in [7, 11) is 0. The van der Waals surface area contributed by atoms with Crippen LogP contribution < -0.4 is 5.32 Å². The zero-order valence-corrected chi connectivity index (χ0v) is 10.4. The van der Waals surface area contributed by atoms with Gasteiger partial charge in [0.1, 0.15) is 0 Å². The molecule has 0 saturated carbocycles. The van der Waals surface area contributed by atoms with Gasteiger partial charge >= 0.3 is 0 Å². The maximum atomic E-state index is 4.15. The first-order valence-electron chi connectivity index (χ1n) is 5.48. The van der Waals surface area contributed by atoms with Gasteiger partial charge < -0.3 is 5.32 Å². The molecule has 2 nitrogen and oxygen atoms in total. The molecule has 0 spiro atoms. The van der Waals surface area contributed by atoms with Crippen LogP contribution in [0.4, 0.5) is 0 Å². The van der Waals surface area contributed by atoms with E-state index in [4.69, 9.17) is 0 Å². The van der Waals surface area contributed by atoms with E-state index in [1.54, 1.807) is 0 Å². The van der Waals surface area contributed by atoms with E-state index in [1.165, 1.54) is 17.7 Å². The zero-order valence-electron chi connectivity index (χ0n) is 9.57. The minimum atomic E-state index is 0.589. The fourth-order valence-corrected chi connectivity index (χ4v) is 2.15. The van der Waals surface area contributed by atoms with E-state index >= 15 is 0 Å². The van der Waals surface area contributed by atoms with Crippen molar-refractivity contribution in [3.8, 4) is 0 Å². The Labute approximate surface area is 96.9 Å². The van der Waals surface area contributed by atoms with Gasteiger partial charge in [-0.25, -0.2) is 0 Å². The van der Waals surface area contributed by atoms with E-state index < -0.39 is 0 Å². The van der Waals surface area contributed by atoms with Gasteiger partial charge in [0.25, 0.3) is 0 Å².